The van der Waals surface area contributed by atoms with Gasteiger partial charge in [-0.25, -0.2) is 4.79 Å². The molecule has 1 fully saturated rings. The van der Waals surface area contributed by atoms with E-state index in [9.17, 15) is 33.9 Å². The van der Waals surface area contributed by atoms with Gasteiger partial charge >= 0.3 is 5.97 Å². The molecule has 1 aliphatic heterocycles. The number of nitrogens with zero attached hydrogens (tertiary/aromatic N) is 1. The minimum atomic E-state index is -1.79. The molecule has 0 aliphatic carbocycles. The Morgan fingerprint density at radius 3 is 1.85 bits per heavy atom. The van der Waals surface area contributed by atoms with E-state index in [1.165, 1.54) is 30.7 Å². The van der Waals surface area contributed by atoms with Gasteiger partial charge in [0.1, 0.15) is 24.2 Å². The van der Waals surface area contributed by atoms with Crippen LogP contribution >= 0.6 is 11.8 Å². The number of aliphatic hydroxyl groups excluding tert-OH is 1. The van der Waals surface area contributed by atoms with Crippen molar-refractivity contribution < 1.29 is 38.6 Å². The molecule has 2 aromatic rings. The Balaban J connectivity index is 1.88. The van der Waals surface area contributed by atoms with Crippen molar-refractivity contribution in [3.8, 4) is 0 Å². The molecule has 0 bridgehead atoms. The van der Waals surface area contributed by atoms with Crippen molar-refractivity contribution in [2.45, 2.75) is 102 Å². The Morgan fingerprint density at radius 1 is 0.808 bits per heavy atom. The number of carbonyl (C=O) groups is 6. The second-order valence-electron chi connectivity index (χ2n) is 14.3. The van der Waals surface area contributed by atoms with Crippen molar-refractivity contribution in [2.24, 2.45) is 11.8 Å². The Hall–Kier alpha value is -4.43. The number of benzene rings is 2. The van der Waals surface area contributed by atoms with E-state index in [-0.39, 0.29) is 24.6 Å². The van der Waals surface area contributed by atoms with Gasteiger partial charge in [0.15, 0.2) is 6.10 Å². The maximum absolute atomic E-state index is 14.1. The van der Waals surface area contributed by atoms with Crippen LogP contribution in [0.4, 0.5) is 0 Å². The van der Waals surface area contributed by atoms with Gasteiger partial charge < -0.3 is 36.0 Å². The number of aliphatic hydroxyl groups is 1. The lowest BCUT2D eigenvalue weighted by Crippen LogP contribution is -2.62. The molecule has 14 heteroatoms. The summed E-state index contributed by atoms with van der Waals surface area (Å²) in [6.07, 6.45) is -1.54. The number of rotatable bonds is 16. The molecule has 6 atom stereocenters. The number of nitrogens with one attached hydrogen (secondary N) is 4. The number of hydrogen-bond donors (Lipinski definition) is 5. The van der Waals surface area contributed by atoms with Crippen LogP contribution in [0.25, 0.3) is 0 Å². The molecule has 0 radical (unpaired) electrons. The quantitative estimate of drug-likeness (QED) is 0.161. The van der Waals surface area contributed by atoms with E-state index >= 15 is 0 Å². The van der Waals surface area contributed by atoms with Crippen LogP contribution in [0.15, 0.2) is 60.7 Å². The van der Waals surface area contributed by atoms with Gasteiger partial charge in [0, 0.05) is 18.1 Å². The third-order valence-electron chi connectivity index (χ3n) is 8.98. The highest BCUT2D eigenvalue weighted by atomic mass is 32.2. The lowest BCUT2D eigenvalue weighted by molar-refractivity contribution is -0.150. The highest BCUT2D eigenvalue weighted by Gasteiger charge is 2.50. The van der Waals surface area contributed by atoms with E-state index in [2.05, 4.69) is 21.3 Å². The average Bonchev–Trinajstić information content (AvgIpc) is 3.42. The smallest absolute Gasteiger partial charge is 0.328 e. The molecular weight excluding hydrogens is 687 g/mol. The van der Waals surface area contributed by atoms with Crippen molar-refractivity contribution in [1.82, 2.24) is 26.2 Å². The third-order valence-corrected chi connectivity index (χ3v) is 10.4. The molecule has 0 unspecified atom stereocenters. The van der Waals surface area contributed by atoms with E-state index in [0.717, 1.165) is 11.1 Å². The van der Waals surface area contributed by atoms with E-state index < -0.39 is 82.5 Å². The SMILES string of the molecule is COC(=O)[C@H](NC(=O)[C@@H]1N(C(=O)[C@H](O)[C@@H](Cc2ccccc2)NC(=O)[C@@H](NC(=O)[C@H](Cc2ccccc2)NC(C)=O)C(C)C)CSC1(C)C)C(C)C. The number of amides is 5. The largest absolute Gasteiger partial charge is 0.467 e. The normalized spacial score (nSPS) is 18.1. The first kappa shape index (κ1) is 42.0. The lowest BCUT2D eigenvalue weighted by Gasteiger charge is -2.35. The topological polar surface area (TPSA) is 183 Å². The predicted molar refractivity (Wildman–Crippen MR) is 199 cm³/mol. The Labute approximate surface area is 310 Å². The summed E-state index contributed by atoms with van der Waals surface area (Å²) < 4.78 is 4.09. The number of methoxy groups -OCH3 is 1. The van der Waals surface area contributed by atoms with Gasteiger partial charge in [-0.2, -0.15) is 0 Å². The van der Waals surface area contributed by atoms with Crippen LogP contribution < -0.4 is 21.3 Å². The van der Waals surface area contributed by atoms with E-state index in [1.54, 1.807) is 65.8 Å². The van der Waals surface area contributed by atoms with Crippen molar-refractivity contribution in [1.29, 1.82) is 0 Å². The molecule has 284 valence electrons. The van der Waals surface area contributed by atoms with Crippen LogP contribution in [0, 0.1) is 11.8 Å². The zero-order valence-electron chi connectivity index (χ0n) is 31.2. The van der Waals surface area contributed by atoms with Gasteiger partial charge in [-0.3, -0.25) is 24.0 Å². The Kier molecular flexibility index (Phi) is 15.2. The molecule has 13 nitrogen and oxygen atoms in total. The molecule has 1 heterocycles. The first-order valence-electron chi connectivity index (χ1n) is 17.4. The summed E-state index contributed by atoms with van der Waals surface area (Å²) in [6, 6.07) is 12.9. The second kappa shape index (κ2) is 18.9. The molecule has 0 aromatic heterocycles. The zero-order chi connectivity index (χ0) is 38.7. The fourth-order valence-electron chi connectivity index (χ4n) is 6.09. The van der Waals surface area contributed by atoms with Gasteiger partial charge in [0.05, 0.1) is 19.0 Å². The number of thioether (sulfide) groups is 1. The minimum Gasteiger partial charge on any atom is -0.467 e. The van der Waals surface area contributed by atoms with Gasteiger partial charge in [0.25, 0.3) is 5.91 Å². The molecule has 5 amide bonds. The van der Waals surface area contributed by atoms with Gasteiger partial charge in [0.2, 0.25) is 23.6 Å². The number of esters is 1. The van der Waals surface area contributed by atoms with Crippen molar-refractivity contribution in [2.75, 3.05) is 13.0 Å². The highest BCUT2D eigenvalue weighted by Crippen LogP contribution is 2.40. The summed E-state index contributed by atoms with van der Waals surface area (Å²) in [7, 11) is 1.23. The predicted octanol–water partition coefficient (Wildman–Crippen LogP) is 1.96. The fraction of sp³-hybridized carbons (Fsp3) is 0.526. The number of ether oxygens (including phenoxy) is 1. The van der Waals surface area contributed by atoms with Crippen LogP contribution in [0.1, 0.15) is 59.6 Å². The molecule has 0 spiro atoms. The van der Waals surface area contributed by atoms with E-state index in [1.807, 2.05) is 36.4 Å². The van der Waals surface area contributed by atoms with Crippen molar-refractivity contribution >= 4 is 47.3 Å². The van der Waals surface area contributed by atoms with Gasteiger partial charge in [-0.05, 0) is 43.2 Å². The van der Waals surface area contributed by atoms with Crippen LogP contribution in [0.2, 0.25) is 0 Å². The van der Waals surface area contributed by atoms with E-state index in [4.69, 9.17) is 4.74 Å². The van der Waals surface area contributed by atoms with Gasteiger partial charge in [-0.1, -0.05) is 88.4 Å². The number of carbonyl (C=O) groups excluding carboxylic acids is 6. The zero-order valence-corrected chi connectivity index (χ0v) is 32.0. The lowest BCUT2D eigenvalue weighted by atomic mass is 9.95. The molecule has 52 heavy (non-hydrogen) atoms. The fourth-order valence-corrected chi connectivity index (χ4v) is 7.23. The average molecular weight is 740 g/mol. The highest BCUT2D eigenvalue weighted by molar-refractivity contribution is 8.00. The first-order valence-corrected chi connectivity index (χ1v) is 18.4. The monoisotopic (exact) mass is 739 g/mol. The van der Waals surface area contributed by atoms with Crippen LogP contribution in [0.3, 0.4) is 0 Å². The van der Waals surface area contributed by atoms with Crippen LogP contribution in [-0.4, -0.2) is 99.6 Å². The Bertz CT molecular complexity index is 1550. The summed E-state index contributed by atoms with van der Waals surface area (Å²) in [4.78, 5) is 81.1. The summed E-state index contributed by atoms with van der Waals surface area (Å²) >= 11 is 1.34. The standard InChI is InChI=1S/C38H53N5O8S/c1-22(2)29(41-33(46)28(39-24(5)44)20-26-17-13-10-14-18-26)34(47)40-27(19-25-15-11-9-12-16-25)31(45)36(49)43-21-52-38(6,7)32(43)35(48)42-30(23(3)4)37(50)51-8/h9-18,22-23,27-32,45H,19-21H2,1-8H3,(H,39,44)(H,40,47)(H,41,46)(H,42,48)/t27-,28+,29+,30-,31-,32+/m1/s1. The van der Waals surface area contributed by atoms with E-state index in [0.29, 0.717) is 0 Å². The first-order chi connectivity index (χ1) is 24.5. The van der Waals surface area contributed by atoms with Gasteiger partial charge in [-0.15, -0.1) is 11.8 Å². The molecule has 0 saturated carbocycles. The summed E-state index contributed by atoms with van der Waals surface area (Å²) in [5.41, 5.74) is 1.54. The van der Waals surface area contributed by atoms with Crippen LogP contribution in [0.5, 0.6) is 0 Å². The molecule has 2 aromatic carbocycles. The maximum Gasteiger partial charge on any atom is 0.328 e. The molecule has 5 N–H and O–H groups in total. The maximum atomic E-state index is 14.1. The minimum absolute atomic E-state index is 0.0553. The summed E-state index contributed by atoms with van der Waals surface area (Å²) in [5, 5.41) is 22.7. The molecular formula is C38H53N5O8S. The summed E-state index contributed by atoms with van der Waals surface area (Å²) in [6.45, 7) is 11.9. The third kappa shape index (κ3) is 11.3. The second-order valence-corrected chi connectivity index (χ2v) is 15.9. The van der Waals surface area contributed by atoms with Crippen molar-refractivity contribution in [3.05, 3.63) is 71.8 Å². The summed E-state index contributed by atoms with van der Waals surface area (Å²) in [5.74, 6) is -4.23. The molecule has 3 rings (SSSR count). The Morgan fingerprint density at radius 2 is 1.35 bits per heavy atom. The number of hydrogen-bond acceptors (Lipinski definition) is 9. The van der Waals surface area contributed by atoms with Crippen LogP contribution in [-0.2, 0) is 46.3 Å². The van der Waals surface area contributed by atoms with Crippen molar-refractivity contribution in [3.63, 3.8) is 0 Å². The molecule has 1 saturated heterocycles. The molecule has 1 aliphatic rings.